The van der Waals surface area contributed by atoms with Crippen LogP contribution in [0.5, 0.6) is 0 Å². The number of carbonyl (C=O) groups is 1. The fourth-order valence-electron chi connectivity index (χ4n) is 4.05. The molecule has 2 aromatic carbocycles. The molecule has 0 saturated heterocycles. The van der Waals surface area contributed by atoms with Crippen LogP contribution >= 0.6 is 22.9 Å². The van der Waals surface area contributed by atoms with Crippen molar-refractivity contribution in [1.29, 1.82) is 0 Å². The fourth-order valence-corrected chi connectivity index (χ4v) is 5.30. The summed E-state index contributed by atoms with van der Waals surface area (Å²) in [5.74, 6) is -1.05. The molecule has 2 heterocycles. The number of thiazole rings is 1. The standard InChI is InChI=1S/C27H26ClFN2O3S/c1-6-34-25(33)22-15(2)30-26-31(23(22)16-10-12-17(13-11-16)27(3,4)5)24(32)21(35-26)14-18-19(28)8-7-9-20(18)29/h7-14,23H,6H2,1-5H3/b21-14-/t23-/m0/s1. The van der Waals surface area contributed by atoms with Crippen LogP contribution in [-0.4, -0.2) is 17.1 Å². The van der Waals surface area contributed by atoms with E-state index in [0.717, 1.165) is 22.5 Å². The Morgan fingerprint density at radius 3 is 2.51 bits per heavy atom. The second kappa shape index (κ2) is 9.55. The second-order valence-corrected chi connectivity index (χ2v) is 10.7. The predicted octanol–water partition coefficient (Wildman–Crippen LogP) is 4.89. The maximum atomic E-state index is 14.4. The van der Waals surface area contributed by atoms with E-state index in [9.17, 15) is 14.0 Å². The van der Waals surface area contributed by atoms with Crippen molar-refractivity contribution in [3.63, 3.8) is 0 Å². The Morgan fingerprint density at radius 1 is 1.23 bits per heavy atom. The van der Waals surface area contributed by atoms with Gasteiger partial charge in [-0.05, 0) is 48.6 Å². The van der Waals surface area contributed by atoms with E-state index in [4.69, 9.17) is 16.3 Å². The summed E-state index contributed by atoms with van der Waals surface area (Å²) < 4.78 is 21.5. The quantitative estimate of drug-likeness (QED) is 0.468. The van der Waals surface area contributed by atoms with Crippen LogP contribution in [-0.2, 0) is 14.9 Å². The number of ether oxygens (including phenoxy) is 1. The van der Waals surface area contributed by atoms with E-state index < -0.39 is 17.8 Å². The van der Waals surface area contributed by atoms with Gasteiger partial charge in [0.2, 0.25) is 0 Å². The molecule has 0 unspecified atom stereocenters. The highest BCUT2D eigenvalue weighted by molar-refractivity contribution is 7.07. The lowest BCUT2D eigenvalue weighted by atomic mass is 9.85. The molecule has 1 atom stereocenters. The van der Waals surface area contributed by atoms with Crippen molar-refractivity contribution in [1.82, 2.24) is 4.57 Å². The van der Waals surface area contributed by atoms with Crippen molar-refractivity contribution in [2.24, 2.45) is 4.99 Å². The Kier molecular flexibility index (Phi) is 6.84. The maximum absolute atomic E-state index is 14.4. The van der Waals surface area contributed by atoms with Gasteiger partial charge in [-0.2, -0.15) is 0 Å². The van der Waals surface area contributed by atoms with Gasteiger partial charge in [-0.15, -0.1) is 0 Å². The monoisotopic (exact) mass is 512 g/mol. The summed E-state index contributed by atoms with van der Waals surface area (Å²) in [7, 11) is 0. The van der Waals surface area contributed by atoms with Gasteiger partial charge in [0.25, 0.3) is 5.56 Å². The topological polar surface area (TPSA) is 60.7 Å². The minimum absolute atomic E-state index is 0.0539. The molecule has 8 heteroatoms. The number of fused-ring (bicyclic) bond motifs is 1. The number of benzene rings is 2. The van der Waals surface area contributed by atoms with E-state index in [1.165, 1.54) is 22.8 Å². The minimum atomic E-state index is -0.724. The molecule has 0 saturated carbocycles. The molecule has 5 nitrogen and oxygen atoms in total. The third kappa shape index (κ3) is 4.75. The highest BCUT2D eigenvalue weighted by atomic mass is 35.5. The van der Waals surface area contributed by atoms with Crippen molar-refractivity contribution in [3.05, 3.63) is 101 Å². The van der Waals surface area contributed by atoms with Crippen LogP contribution < -0.4 is 14.9 Å². The summed E-state index contributed by atoms with van der Waals surface area (Å²) in [5, 5.41) is 0.202. The molecule has 0 aliphatic carbocycles. The Labute approximate surface area is 211 Å². The molecule has 1 aromatic heterocycles. The molecular formula is C27H26ClFN2O3S. The number of carbonyl (C=O) groups excluding carboxylic acids is 1. The molecule has 1 aliphatic rings. The van der Waals surface area contributed by atoms with E-state index in [2.05, 4.69) is 25.8 Å². The van der Waals surface area contributed by atoms with E-state index in [1.807, 2.05) is 24.3 Å². The maximum Gasteiger partial charge on any atom is 0.338 e. The van der Waals surface area contributed by atoms with Crippen LogP contribution in [0.2, 0.25) is 5.02 Å². The van der Waals surface area contributed by atoms with Crippen LogP contribution in [0.1, 0.15) is 57.4 Å². The lowest BCUT2D eigenvalue weighted by Gasteiger charge is -2.26. The van der Waals surface area contributed by atoms with Crippen LogP contribution in [0.15, 0.2) is 63.5 Å². The first kappa shape index (κ1) is 25.1. The first-order valence-corrected chi connectivity index (χ1v) is 12.5. The highest BCUT2D eigenvalue weighted by Gasteiger charge is 2.33. The summed E-state index contributed by atoms with van der Waals surface area (Å²) in [6.45, 7) is 10.0. The van der Waals surface area contributed by atoms with E-state index >= 15 is 0 Å². The highest BCUT2D eigenvalue weighted by Crippen LogP contribution is 2.32. The second-order valence-electron chi connectivity index (χ2n) is 9.31. The Hall–Kier alpha value is -3.03. The van der Waals surface area contributed by atoms with Crippen LogP contribution in [0.25, 0.3) is 6.08 Å². The summed E-state index contributed by atoms with van der Waals surface area (Å²) >= 11 is 7.32. The Balaban J connectivity index is 1.96. The van der Waals surface area contributed by atoms with E-state index in [1.54, 1.807) is 19.9 Å². The number of nitrogens with zero attached hydrogens (tertiary/aromatic N) is 2. The molecule has 0 radical (unpaired) electrons. The number of hydrogen-bond donors (Lipinski definition) is 0. The molecule has 0 amide bonds. The van der Waals surface area contributed by atoms with Crippen molar-refractivity contribution >= 4 is 35.0 Å². The lowest BCUT2D eigenvalue weighted by molar-refractivity contribution is -0.139. The van der Waals surface area contributed by atoms with Crippen molar-refractivity contribution < 1.29 is 13.9 Å². The van der Waals surface area contributed by atoms with Gasteiger partial charge in [0, 0.05) is 5.56 Å². The minimum Gasteiger partial charge on any atom is -0.463 e. The van der Waals surface area contributed by atoms with Gasteiger partial charge in [-0.25, -0.2) is 14.2 Å². The summed E-state index contributed by atoms with van der Waals surface area (Å²) in [5.41, 5.74) is 2.36. The molecule has 0 spiro atoms. The zero-order valence-electron chi connectivity index (χ0n) is 20.2. The van der Waals surface area contributed by atoms with Crippen molar-refractivity contribution in [3.8, 4) is 0 Å². The number of allylic oxidation sites excluding steroid dienone is 1. The average molecular weight is 513 g/mol. The van der Waals surface area contributed by atoms with Crippen molar-refractivity contribution in [2.75, 3.05) is 6.61 Å². The summed E-state index contributed by atoms with van der Waals surface area (Å²) in [6.07, 6.45) is 1.44. The Morgan fingerprint density at radius 2 is 1.91 bits per heavy atom. The van der Waals surface area contributed by atoms with Gasteiger partial charge in [0.15, 0.2) is 4.80 Å². The first-order chi connectivity index (χ1) is 16.5. The van der Waals surface area contributed by atoms with Gasteiger partial charge in [0.1, 0.15) is 5.82 Å². The number of aromatic nitrogens is 1. The number of halogens is 2. The molecule has 0 N–H and O–H groups in total. The molecule has 182 valence electrons. The van der Waals surface area contributed by atoms with Gasteiger partial charge in [0.05, 0.1) is 33.5 Å². The van der Waals surface area contributed by atoms with E-state index in [-0.39, 0.29) is 32.7 Å². The molecule has 3 aromatic rings. The van der Waals surface area contributed by atoms with Crippen LogP contribution in [0.4, 0.5) is 4.39 Å². The van der Waals surface area contributed by atoms with E-state index in [0.29, 0.717) is 16.1 Å². The number of rotatable bonds is 4. The number of esters is 1. The smallest absolute Gasteiger partial charge is 0.338 e. The van der Waals surface area contributed by atoms with Gasteiger partial charge >= 0.3 is 5.97 Å². The molecular weight excluding hydrogens is 487 g/mol. The Bertz CT molecular complexity index is 1490. The van der Waals surface area contributed by atoms with Gasteiger partial charge in [-0.1, -0.05) is 74.0 Å². The average Bonchev–Trinajstić information content (AvgIpc) is 3.09. The van der Waals surface area contributed by atoms with Crippen molar-refractivity contribution in [2.45, 2.75) is 46.1 Å². The summed E-state index contributed by atoms with van der Waals surface area (Å²) in [6, 6.07) is 11.5. The molecule has 1 aliphatic heterocycles. The van der Waals surface area contributed by atoms with Crippen LogP contribution in [0.3, 0.4) is 0 Å². The van der Waals surface area contributed by atoms with Crippen LogP contribution in [0, 0.1) is 5.82 Å². The third-order valence-electron chi connectivity index (χ3n) is 5.88. The third-order valence-corrected chi connectivity index (χ3v) is 7.20. The zero-order chi connectivity index (χ0) is 25.5. The lowest BCUT2D eigenvalue weighted by Crippen LogP contribution is -2.40. The normalized spacial score (nSPS) is 16.2. The predicted molar refractivity (Wildman–Crippen MR) is 137 cm³/mol. The largest absolute Gasteiger partial charge is 0.463 e. The SMILES string of the molecule is CCOC(=O)C1=C(C)N=c2s/c(=C\c3c(F)cccc3Cl)c(=O)n2[C@H]1c1ccc(C(C)(C)C)cc1. The fraction of sp³-hybridized carbons (Fsp3) is 0.296. The zero-order valence-corrected chi connectivity index (χ0v) is 21.8. The molecule has 4 rings (SSSR count). The molecule has 0 bridgehead atoms. The number of hydrogen-bond acceptors (Lipinski definition) is 5. The molecule has 35 heavy (non-hydrogen) atoms. The molecule has 0 fully saturated rings. The summed E-state index contributed by atoms with van der Waals surface area (Å²) in [4.78, 5) is 31.6. The van der Waals surface area contributed by atoms with Gasteiger partial charge in [-0.3, -0.25) is 9.36 Å². The van der Waals surface area contributed by atoms with Gasteiger partial charge < -0.3 is 4.74 Å². The first-order valence-electron chi connectivity index (χ1n) is 11.3.